The first kappa shape index (κ1) is 14.8. The number of rotatable bonds is 4. The third-order valence-corrected chi connectivity index (χ3v) is 6.92. The molecule has 1 heterocycles. The Kier molecular flexibility index (Phi) is 3.89. The molecule has 1 saturated heterocycles. The molecule has 20 heavy (non-hydrogen) atoms. The second-order valence-corrected chi connectivity index (χ2v) is 8.19. The average molecular weight is 280 g/mol. The lowest BCUT2D eigenvalue weighted by Crippen LogP contribution is -2.50. The van der Waals surface area contributed by atoms with Crippen molar-refractivity contribution in [1.29, 1.82) is 0 Å². The highest BCUT2D eigenvalue weighted by molar-refractivity contribution is 5.13. The van der Waals surface area contributed by atoms with Crippen molar-refractivity contribution in [2.45, 2.75) is 71.5 Å². The largest absolute Gasteiger partial charge is 0.379 e. The van der Waals surface area contributed by atoms with Crippen molar-refractivity contribution in [3.8, 4) is 0 Å². The van der Waals surface area contributed by atoms with Gasteiger partial charge in [-0.15, -0.1) is 0 Å². The summed E-state index contributed by atoms with van der Waals surface area (Å²) in [6.07, 6.45) is 5.40. The maximum absolute atomic E-state index is 5.56. The number of nitrogens with one attached hydrogen (secondary N) is 2. The summed E-state index contributed by atoms with van der Waals surface area (Å²) in [6.45, 7) is 12.6. The Morgan fingerprint density at radius 2 is 2.15 bits per heavy atom. The Morgan fingerprint density at radius 3 is 2.70 bits per heavy atom. The molecule has 1 aliphatic heterocycles. The highest BCUT2D eigenvalue weighted by atomic mass is 16.5. The summed E-state index contributed by atoms with van der Waals surface area (Å²) in [5.41, 5.74) is 0.999. The predicted octanol–water partition coefficient (Wildman–Crippen LogP) is 2.56. The van der Waals surface area contributed by atoms with Crippen LogP contribution < -0.4 is 10.6 Å². The van der Waals surface area contributed by atoms with Gasteiger partial charge in [0.2, 0.25) is 0 Å². The summed E-state index contributed by atoms with van der Waals surface area (Å²) in [5, 5.41) is 7.53. The molecule has 2 aliphatic carbocycles. The summed E-state index contributed by atoms with van der Waals surface area (Å²) in [6, 6.07) is 1.81. The summed E-state index contributed by atoms with van der Waals surface area (Å²) >= 11 is 0. The van der Waals surface area contributed by atoms with Gasteiger partial charge in [-0.1, -0.05) is 20.8 Å². The molecular formula is C17H32N2O. The molecule has 0 aromatic carbocycles. The highest BCUT2D eigenvalue weighted by Gasteiger charge is 2.61. The maximum Gasteiger partial charge on any atom is 0.0620 e. The van der Waals surface area contributed by atoms with Crippen LogP contribution in [0.1, 0.15) is 53.4 Å². The second kappa shape index (κ2) is 5.26. The van der Waals surface area contributed by atoms with Crippen LogP contribution in [0.25, 0.3) is 0 Å². The fourth-order valence-corrected chi connectivity index (χ4v) is 5.07. The lowest BCUT2D eigenvalue weighted by Gasteiger charge is -2.41. The minimum absolute atomic E-state index is 0.489. The van der Waals surface area contributed by atoms with Crippen LogP contribution in [0.2, 0.25) is 0 Å². The van der Waals surface area contributed by atoms with Crippen LogP contribution in [0, 0.1) is 16.7 Å². The predicted molar refractivity (Wildman–Crippen MR) is 82.8 cm³/mol. The molecule has 116 valence electrons. The van der Waals surface area contributed by atoms with Crippen LogP contribution in [0.5, 0.6) is 0 Å². The normalized spacial score (nSPS) is 44.7. The zero-order valence-electron chi connectivity index (χ0n) is 13.7. The molecule has 2 saturated carbocycles. The minimum atomic E-state index is 0.489. The standard InChI is InChI=1S/C17H32N2O/c1-12(9-14-11-20-8-7-18-14)19-15-10-13-5-6-17(15,4)16(13,2)3/h12-15,18-19H,5-11H2,1-4H3. The van der Waals surface area contributed by atoms with E-state index in [0.717, 1.165) is 25.7 Å². The van der Waals surface area contributed by atoms with Crippen molar-refractivity contribution in [3.63, 3.8) is 0 Å². The first-order valence-electron chi connectivity index (χ1n) is 8.50. The molecule has 5 atom stereocenters. The quantitative estimate of drug-likeness (QED) is 0.830. The molecule has 3 rings (SSSR count). The van der Waals surface area contributed by atoms with Gasteiger partial charge >= 0.3 is 0 Å². The van der Waals surface area contributed by atoms with Crippen LogP contribution in [0.15, 0.2) is 0 Å². The molecule has 2 bridgehead atoms. The minimum Gasteiger partial charge on any atom is -0.379 e. The summed E-state index contributed by atoms with van der Waals surface area (Å²) in [7, 11) is 0. The van der Waals surface area contributed by atoms with E-state index in [1.165, 1.54) is 25.7 Å². The Balaban J connectivity index is 1.56. The molecule has 3 heteroatoms. The van der Waals surface area contributed by atoms with Crippen molar-refractivity contribution in [2.24, 2.45) is 16.7 Å². The Morgan fingerprint density at radius 1 is 1.35 bits per heavy atom. The molecule has 3 nitrogen and oxygen atoms in total. The van der Waals surface area contributed by atoms with Crippen LogP contribution in [0.3, 0.4) is 0 Å². The van der Waals surface area contributed by atoms with Gasteiger partial charge < -0.3 is 15.4 Å². The van der Waals surface area contributed by atoms with E-state index in [4.69, 9.17) is 4.74 Å². The van der Waals surface area contributed by atoms with E-state index in [-0.39, 0.29) is 0 Å². The van der Waals surface area contributed by atoms with Gasteiger partial charge in [0.1, 0.15) is 0 Å². The molecule has 0 aromatic heterocycles. The molecule has 0 spiro atoms. The third-order valence-electron chi connectivity index (χ3n) is 6.92. The first-order valence-corrected chi connectivity index (χ1v) is 8.50. The molecule has 3 aliphatic rings. The molecule has 5 unspecified atom stereocenters. The fraction of sp³-hybridized carbons (Fsp3) is 1.00. The van der Waals surface area contributed by atoms with E-state index in [9.17, 15) is 0 Å². The van der Waals surface area contributed by atoms with Gasteiger partial charge in [-0.2, -0.15) is 0 Å². The number of hydrogen-bond acceptors (Lipinski definition) is 3. The molecule has 0 radical (unpaired) electrons. The summed E-state index contributed by atoms with van der Waals surface area (Å²) in [4.78, 5) is 0. The van der Waals surface area contributed by atoms with Crippen molar-refractivity contribution in [2.75, 3.05) is 19.8 Å². The van der Waals surface area contributed by atoms with Gasteiger partial charge in [-0.05, 0) is 49.4 Å². The molecular weight excluding hydrogens is 248 g/mol. The molecule has 3 fully saturated rings. The number of hydrogen-bond donors (Lipinski definition) is 2. The zero-order valence-corrected chi connectivity index (χ0v) is 13.7. The van der Waals surface area contributed by atoms with Crippen LogP contribution in [0.4, 0.5) is 0 Å². The molecule has 2 N–H and O–H groups in total. The van der Waals surface area contributed by atoms with Gasteiger partial charge in [-0.25, -0.2) is 0 Å². The van der Waals surface area contributed by atoms with Crippen LogP contribution in [-0.2, 0) is 4.74 Å². The Bertz CT molecular complexity index is 351. The van der Waals surface area contributed by atoms with Crippen molar-refractivity contribution in [1.82, 2.24) is 10.6 Å². The highest BCUT2D eigenvalue weighted by Crippen LogP contribution is 2.65. The topological polar surface area (TPSA) is 33.3 Å². The SMILES string of the molecule is CC(CC1COCCN1)NC1CC2CCC1(C)C2(C)C. The zero-order chi connectivity index (χ0) is 14.4. The lowest BCUT2D eigenvalue weighted by atomic mass is 9.69. The van der Waals surface area contributed by atoms with E-state index in [2.05, 4.69) is 38.3 Å². The Labute approximate surface area is 124 Å². The van der Waals surface area contributed by atoms with Gasteiger partial charge in [0.25, 0.3) is 0 Å². The molecule has 0 aromatic rings. The number of fused-ring (bicyclic) bond motifs is 2. The Hall–Kier alpha value is -0.120. The van der Waals surface area contributed by atoms with Crippen LogP contribution in [-0.4, -0.2) is 37.9 Å². The summed E-state index contributed by atoms with van der Waals surface area (Å²) in [5.74, 6) is 0.924. The van der Waals surface area contributed by atoms with E-state index in [1.807, 2.05) is 0 Å². The second-order valence-electron chi connectivity index (χ2n) is 8.19. The number of morpholine rings is 1. The van der Waals surface area contributed by atoms with Crippen molar-refractivity contribution >= 4 is 0 Å². The first-order chi connectivity index (χ1) is 9.43. The van der Waals surface area contributed by atoms with Gasteiger partial charge in [-0.3, -0.25) is 0 Å². The molecule has 0 amide bonds. The number of ether oxygens (including phenoxy) is 1. The van der Waals surface area contributed by atoms with E-state index in [1.54, 1.807) is 0 Å². The van der Waals surface area contributed by atoms with Gasteiger partial charge in [0.15, 0.2) is 0 Å². The van der Waals surface area contributed by atoms with Gasteiger partial charge in [0, 0.05) is 24.7 Å². The average Bonchev–Trinajstić information content (AvgIpc) is 2.73. The smallest absolute Gasteiger partial charge is 0.0620 e. The van der Waals surface area contributed by atoms with E-state index in [0.29, 0.717) is 29.0 Å². The maximum atomic E-state index is 5.56. The van der Waals surface area contributed by atoms with E-state index >= 15 is 0 Å². The monoisotopic (exact) mass is 280 g/mol. The van der Waals surface area contributed by atoms with Crippen molar-refractivity contribution in [3.05, 3.63) is 0 Å². The van der Waals surface area contributed by atoms with Crippen LogP contribution >= 0.6 is 0 Å². The van der Waals surface area contributed by atoms with E-state index < -0.39 is 0 Å². The van der Waals surface area contributed by atoms with Gasteiger partial charge in [0.05, 0.1) is 13.2 Å². The third kappa shape index (κ3) is 2.32. The fourth-order valence-electron chi connectivity index (χ4n) is 5.07. The van der Waals surface area contributed by atoms with Crippen molar-refractivity contribution < 1.29 is 4.74 Å². The lowest BCUT2D eigenvalue weighted by molar-refractivity contribution is 0.0675. The summed E-state index contributed by atoms with van der Waals surface area (Å²) < 4.78 is 5.56.